The van der Waals surface area contributed by atoms with Gasteiger partial charge in [0.25, 0.3) is 0 Å². The zero-order chi connectivity index (χ0) is 11.1. The van der Waals surface area contributed by atoms with Crippen molar-refractivity contribution >= 4 is 0 Å². The minimum absolute atomic E-state index is 0.0477. The lowest BCUT2D eigenvalue weighted by Gasteiger charge is -2.30. The quantitative estimate of drug-likeness (QED) is 0.594. The Bertz CT molecular complexity index is 298. The zero-order valence-corrected chi connectivity index (χ0v) is 10.3. The summed E-state index contributed by atoms with van der Waals surface area (Å²) in [5, 5.41) is 0. The molecule has 0 amide bonds. The van der Waals surface area contributed by atoms with Gasteiger partial charge in [0.15, 0.2) is 0 Å². The van der Waals surface area contributed by atoms with E-state index in [1.165, 1.54) is 18.4 Å². The maximum absolute atomic E-state index is 6.15. The predicted molar refractivity (Wildman–Crippen MR) is 63.7 cm³/mol. The Balaban J connectivity index is 2.28. The van der Waals surface area contributed by atoms with Gasteiger partial charge in [-0.3, -0.25) is 0 Å². The molecule has 1 nitrogen and oxygen atoms in total. The average molecular weight is 206 g/mol. The van der Waals surface area contributed by atoms with Crippen molar-refractivity contribution in [2.75, 3.05) is 0 Å². The third kappa shape index (κ3) is 1.90. The van der Waals surface area contributed by atoms with Gasteiger partial charge in [0.05, 0.1) is 11.7 Å². The summed E-state index contributed by atoms with van der Waals surface area (Å²) in [5.41, 5.74) is 1.58. The third-order valence-electron chi connectivity index (χ3n) is 3.89. The van der Waals surface area contributed by atoms with Crippen molar-refractivity contribution < 1.29 is 4.74 Å². The van der Waals surface area contributed by atoms with Crippen LogP contribution in [0.5, 0.6) is 0 Å². The molecule has 1 saturated heterocycles. The molecule has 0 aromatic rings. The Kier molecular flexibility index (Phi) is 2.76. The lowest BCUT2D eigenvalue weighted by Crippen LogP contribution is -2.30. The van der Waals surface area contributed by atoms with E-state index in [-0.39, 0.29) is 5.60 Å². The van der Waals surface area contributed by atoms with Crippen molar-refractivity contribution in [2.24, 2.45) is 11.8 Å². The SMILES string of the molecule is C/C=C/[C@H]1OC(C)(C)[C@@H]2CCC(C)=C[C@@H]21. The minimum Gasteiger partial charge on any atom is -0.367 e. The summed E-state index contributed by atoms with van der Waals surface area (Å²) in [5.74, 6) is 1.30. The zero-order valence-electron chi connectivity index (χ0n) is 10.3. The van der Waals surface area contributed by atoms with Crippen LogP contribution in [0.2, 0.25) is 0 Å². The largest absolute Gasteiger partial charge is 0.367 e. The number of hydrogen-bond acceptors (Lipinski definition) is 1. The van der Waals surface area contributed by atoms with Crippen LogP contribution in [0.1, 0.15) is 40.5 Å². The lowest BCUT2D eigenvalue weighted by molar-refractivity contribution is -0.0159. The first-order chi connectivity index (χ1) is 7.04. The van der Waals surface area contributed by atoms with E-state index in [4.69, 9.17) is 4.74 Å². The van der Waals surface area contributed by atoms with Gasteiger partial charge in [-0.25, -0.2) is 0 Å². The number of fused-ring (bicyclic) bond motifs is 1. The van der Waals surface area contributed by atoms with Gasteiger partial charge in [0.1, 0.15) is 0 Å². The summed E-state index contributed by atoms with van der Waals surface area (Å²) in [6.45, 7) is 8.79. The topological polar surface area (TPSA) is 9.23 Å². The van der Waals surface area contributed by atoms with Crippen LogP contribution in [-0.2, 0) is 4.74 Å². The van der Waals surface area contributed by atoms with Crippen LogP contribution < -0.4 is 0 Å². The van der Waals surface area contributed by atoms with Crippen molar-refractivity contribution in [1.82, 2.24) is 0 Å². The highest BCUT2D eigenvalue weighted by Crippen LogP contribution is 2.47. The first-order valence-electron chi connectivity index (χ1n) is 6.02. The molecule has 2 aliphatic rings. The van der Waals surface area contributed by atoms with E-state index in [9.17, 15) is 0 Å². The first kappa shape index (κ1) is 10.9. The molecule has 1 aliphatic heterocycles. The Labute approximate surface area is 93.2 Å². The van der Waals surface area contributed by atoms with Crippen molar-refractivity contribution in [3.8, 4) is 0 Å². The monoisotopic (exact) mass is 206 g/mol. The second kappa shape index (κ2) is 3.79. The van der Waals surface area contributed by atoms with Crippen molar-refractivity contribution in [3.05, 3.63) is 23.8 Å². The van der Waals surface area contributed by atoms with Gasteiger partial charge in [-0.2, -0.15) is 0 Å². The van der Waals surface area contributed by atoms with Crippen LogP contribution in [0.4, 0.5) is 0 Å². The fourth-order valence-corrected chi connectivity index (χ4v) is 3.11. The molecule has 3 atom stereocenters. The van der Waals surface area contributed by atoms with Gasteiger partial charge in [-0.05, 0) is 46.5 Å². The Morgan fingerprint density at radius 2 is 2.20 bits per heavy atom. The highest BCUT2D eigenvalue weighted by Gasteiger charge is 2.47. The second-order valence-electron chi connectivity index (χ2n) is 5.45. The summed E-state index contributed by atoms with van der Waals surface area (Å²) in [4.78, 5) is 0. The first-order valence-corrected chi connectivity index (χ1v) is 6.02. The van der Waals surface area contributed by atoms with E-state index in [0.29, 0.717) is 17.9 Å². The van der Waals surface area contributed by atoms with E-state index in [1.54, 1.807) is 0 Å². The highest BCUT2D eigenvalue weighted by molar-refractivity contribution is 5.17. The fraction of sp³-hybridized carbons (Fsp3) is 0.714. The molecule has 0 unspecified atom stereocenters. The Morgan fingerprint density at radius 3 is 2.87 bits per heavy atom. The molecular formula is C14H22O. The summed E-state index contributed by atoms with van der Waals surface area (Å²) in [6, 6.07) is 0. The summed E-state index contributed by atoms with van der Waals surface area (Å²) < 4.78 is 6.15. The normalized spacial score (nSPS) is 39.2. The van der Waals surface area contributed by atoms with E-state index < -0.39 is 0 Å². The Morgan fingerprint density at radius 1 is 1.47 bits per heavy atom. The molecule has 0 bridgehead atoms. The smallest absolute Gasteiger partial charge is 0.0829 e. The number of rotatable bonds is 1. The van der Waals surface area contributed by atoms with Gasteiger partial charge in [0.2, 0.25) is 0 Å². The van der Waals surface area contributed by atoms with Gasteiger partial charge < -0.3 is 4.74 Å². The second-order valence-corrected chi connectivity index (χ2v) is 5.45. The predicted octanol–water partition coefficient (Wildman–Crippen LogP) is 3.71. The molecule has 0 aromatic carbocycles. The molecule has 1 heteroatoms. The standard InChI is InChI=1S/C14H22O/c1-5-6-13-11-9-10(2)7-8-12(11)14(3,4)15-13/h5-6,9,11-13H,7-8H2,1-4H3/b6-5+/t11-,12+,13+/m0/s1. The van der Waals surface area contributed by atoms with E-state index >= 15 is 0 Å². The van der Waals surface area contributed by atoms with Crippen molar-refractivity contribution in [2.45, 2.75) is 52.2 Å². The summed E-state index contributed by atoms with van der Waals surface area (Å²) >= 11 is 0. The van der Waals surface area contributed by atoms with E-state index in [2.05, 4.69) is 45.9 Å². The van der Waals surface area contributed by atoms with Crippen LogP contribution in [-0.4, -0.2) is 11.7 Å². The van der Waals surface area contributed by atoms with Gasteiger partial charge >= 0.3 is 0 Å². The molecule has 0 saturated carbocycles. The summed E-state index contributed by atoms with van der Waals surface area (Å²) in [7, 11) is 0. The minimum atomic E-state index is 0.0477. The average Bonchev–Trinajstić information content (AvgIpc) is 2.39. The van der Waals surface area contributed by atoms with E-state index in [1.807, 2.05) is 0 Å². The molecule has 1 aliphatic carbocycles. The molecular weight excluding hydrogens is 184 g/mol. The summed E-state index contributed by atoms with van der Waals surface area (Å²) in [6.07, 6.45) is 9.59. The molecule has 1 fully saturated rings. The molecule has 0 spiro atoms. The molecule has 84 valence electrons. The molecule has 0 radical (unpaired) electrons. The number of hydrogen-bond donors (Lipinski definition) is 0. The molecule has 1 heterocycles. The van der Waals surface area contributed by atoms with Crippen LogP contribution in [0.25, 0.3) is 0 Å². The van der Waals surface area contributed by atoms with Gasteiger partial charge in [0, 0.05) is 5.92 Å². The van der Waals surface area contributed by atoms with Crippen LogP contribution in [0.15, 0.2) is 23.8 Å². The lowest BCUT2D eigenvalue weighted by atomic mass is 9.73. The number of ether oxygens (including phenoxy) is 1. The van der Waals surface area contributed by atoms with Crippen LogP contribution >= 0.6 is 0 Å². The van der Waals surface area contributed by atoms with Crippen LogP contribution in [0, 0.1) is 11.8 Å². The maximum Gasteiger partial charge on any atom is 0.0829 e. The molecule has 0 aromatic heterocycles. The fourth-order valence-electron chi connectivity index (χ4n) is 3.11. The Hall–Kier alpha value is -0.560. The van der Waals surface area contributed by atoms with Crippen molar-refractivity contribution in [1.29, 1.82) is 0 Å². The van der Waals surface area contributed by atoms with Crippen molar-refractivity contribution in [3.63, 3.8) is 0 Å². The molecule has 0 N–H and O–H groups in total. The van der Waals surface area contributed by atoms with Gasteiger partial charge in [-0.15, -0.1) is 0 Å². The van der Waals surface area contributed by atoms with Gasteiger partial charge in [-0.1, -0.05) is 23.8 Å². The third-order valence-corrected chi connectivity index (χ3v) is 3.89. The van der Waals surface area contributed by atoms with E-state index in [0.717, 1.165) is 0 Å². The molecule has 15 heavy (non-hydrogen) atoms. The number of allylic oxidation sites excluding steroid dienone is 2. The maximum atomic E-state index is 6.15. The van der Waals surface area contributed by atoms with Crippen LogP contribution in [0.3, 0.4) is 0 Å². The molecule has 2 rings (SSSR count). The highest BCUT2D eigenvalue weighted by atomic mass is 16.5.